The first-order chi connectivity index (χ1) is 30.4. The van der Waals surface area contributed by atoms with Crippen LogP contribution in [0, 0.1) is 62.6 Å². The van der Waals surface area contributed by atoms with E-state index in [2.05, 4.69) is 39.0 Å². The smallest absolute Gasteiger partial charge is 0.234 e. The van der Waals surface area contributed by atoms with Crippen LogP contribution < -0.4 is 4.90 Å². The zero-order chi connectivity index (χ0) is 45.0. The minimum Gasteiger partial charge on any atom is -0.508 e. The largest absolute Gasteiger partial charge is 0.508 e. The molecule has 13 rings (SSSR count). The average molecular weight is 918 g/mol. The fourth-order valence-corrected chi connectivity index (χ4v) is 20.5. The molecule has 8 bridgehead atoms. The quantitative estimate of drug-likeness (QED) is 0.100. The molecule has 1 aromatic rings. The zero-order valence-corrected chi connectivity index (χ0v) is 39.8. The number of phenols is 1. The van der Waals surface area contributed by atoms with Crippen LogP contribution in [0.3, 0.4) is 0 Å². The van der Waals surface area contributed by atoms with Gasteiger partial charge in [-0.2, -0.15) is 0 Å². The number of aliphatic hydroxyl groups excluding tert-OH is 3. The molecule has 4 spiro atoms. The number of fused-ring (bicyclic) bond motifs is 1. The third-order valence-corrected chi connectivity index (χ3v) is 23.6. The molecule has 0 aromatic heterocycles. The lowest BCUT2D eigenvalue weighted by atomic mass is 9.39. The second-order valence-corrected chi connectivity index (χ2v) is 25.9. The second kappa shape index (κ2) is 15.0. The summed E-state index contributed by atoms with van der Waals surface area (Å²) in [7, 11) is 2.83. The maximum absolute atomic E-state index is 15.5. The molecule has 5 heterocycles. The summed E-state index contributed by atoms with van der Waals surface area (Å²) in [5.41, 5.74) is -6.03. The molecule has 350 valence electrons. The fraction of sp³-hybridized carbons (Fsp3) is 0.769. The highest BCUT2D eigenvalue weighted by molar-refractivity contribution is 8.76. The number of ketones is 1. The summed E-state index contributed by atoms with van der Waals surface area (Å²) >= 11 is 0. The number of carbonyl (C=O) groups is 2. The van der Waals surface area contributed by atoms with Crippen molar-refractivity contribution in [1.29, 1.82) is 0 Å². The number of phenolic OH excluding ortho intramolecular Hbond substituents is 1. The van der Waals surface area contributed by atoms with Crippen molar-refractivity contribution < 1.29 is 45.0 Å². The number of carbonyl (C=O) groups excluding carboxylic acids is 2. The summed E-state index contributed by atoms with van der Waals surface area (Å²) < 4.78 is 6.50. The highest BCUT2D eigenvalue weighted by atomic mass is 33.1. The first-order valence-electron chi connectivity index (χ1n) is 24.9. The molecule has 0 unspecified atom stereocenters. The minimum absolute atomic E-state index is 0.0623. The normalized spacial score (nSPS) is 48.6. The van der Waals surface area contributed by atoms with E-state index in [0.29, 0.717) is 62.3 Å². The summed E-state index contributed by atoms with van der Waals surface area (Å²) in [5, 5.41) is 74.8. The molecular weight excluding hydrogens is 847 g/mol. The van der Waals surface area contributed by atoms with Crippen molar-refractivity contribution in [2.75, 3.05) is 17.2 Å². The number of hydrogen-bond acceptors (Lipinski definition) is 11. The maximum Gasteiger partial charge on any atom is 0.234 e. The van der Waals surface area contributed by atoms with Crippen molar-refractivity contribution >= 4 is 39.0 Å². The van der Waals surface area contributed by atoms with Gasteiger partial charge in [0.05, 0.1) is 34.7 Å². The SMILES string of the molecule is CC(C)[C@@H](C)[C@@H]1O[C@H]1[C@@]1(O)CC=C[C@@H]2C[C@H]3C4=CC(=O)[C@@]5(C[C@@H](O)[C@@H](O)C[C@]35C)[C@H](O)SSC[C@@H]3CCCC[C@]35C(=O)N(CC53CCCC3)c3cc(O)cc(c3)CC[C@]23[C@@H]1CC[C@@]43O. The van der Waals surface area contributed by atoms with Gasteiger partial charge in [-0.1, -0.05) is 87.1 Å². The third-order valence-electron chi connectivity index (χ3n) is 20.9. The Hall–Kier alpha value is -1.90. The Morgan fingerprint density at radius 1 is 0.891 bits per heavy atom. The van der Waals surface area contributed by atoms with Gasteiger partial charge >= 0.3 is 0 Å². The number of epoxide rings is 1. The van der Waals surface area contributed by atoms with Gasteiger partial charge in [0.15, 0.2) is 5.78 Å². The first kappa shape index (κ1) is 44.6. The molecule has 7 fully saturated rings. The first-order valence-corrected chi connectivity index (χ1v) is 27.3. The van der Waals surface area contributed by atoms with Crippen LogP contribution in [0.25, 0.3) is 0 Å². The molecule has 1 aromatic carbocycles. The molecule has 5 saturated carbocycles. The fourth-order valence-electron chi connectivity index (χ4n) is 17.4. The van der Waals surface area contributed by atoms with Crippen LogP contribution in [0.1, 0.15) is 130 Å². The van der Waals surface area contributed by atoms with E-state index in [1.165, 1.54) is 10.8 Å². The number of aliphatic hydroxyl groups is 5. The molecule has 0 radical (unpaired) electrons. The predicted octanol–water partition coefficient (Wildman–Crippen LogP) is 7.65. The minimum atomic E-state index is -1.54. The maximum atomic E-state index is 15.5. The highest BCUT2D eigenvalue weighted by Crippen LogP contribution is 2.76. The van der Waals surface area contributed by atoms with Crippen molar-refractivity contribution in [1.82, 2.24) is 0 Å². The average Bonchev–Trinajstić information content (AvgIpc) is 3.76. The molecule has 1 amide bonds. The van der Waals surface area contributed by atoms with Crippen LogP contribution in [-0.2, 0) is 20.7 Å². The number of aryl methyl sites for hydroxylation is 1. The Morgan fingerprint density at radius 3 is 2.41 bits per heavy atom. The van der Waals surface area contributed by atoms with Crippen molar-refractivity contribution in [3.05, 3.63) is 47.6 Å². The predicted molar refractivity (Wildman–Crippen MR) is 248 cm³/mol. The number of ether oxygens (including phenoxy) is 1. The molecule has 6 N–H and O–H groups in total. The van der Waals surface area contributed by atoms with Crippen LogP contribution in [0.2, 0.25) is 0 Å². The van der Waals surface area contributed by atoms with E-state index >= 15 is 9.59 Å². The van der Waals surface area contributed by atoms with Crippen molar-refractivity contribution in [2.24, 2.45) is 62.6 Å². The standard InChI is InChI=1S/C52H71NO9S2/c1-29(2)30(3)42-43(62-42)51(60)17-9-11-32-22-36-37-24-41(57)50(26-39(56)38(55)25-46(36,50)4)45(59)64-63-27-33-10-5-6-16-49(33)44(58)53(28-47(49)14-7-8-15-47)34-20-31(21-35(54)23-34)12-18-48(32)40(51)13-19-52(37,48)61/h9,11,20-21,23-24,29-30,32-33,36,38-40,42-43,45,54-56,59-61H,5-8,10,12-19,22,25-28H2,1-4H3/t30-,32-,33+,36+,38+,39-,40+,42+,43-,45-,46-,48-,49-,50+,51-,52-/m1/s1. The Balaban J connectivity index is 1.10. The third kappa shape index (κ3) is 5.69. The lowest BCUT2D eigenvalue weighted by Crippen LogP contribution is -2.70. The van der Waals surface area contributed by atoms with E-state index < -0.39 is 68.4 Å². The van der Waals surface area contributed by atoms with E-state index in [1.54, 1.807) is 29.0 Å². The number of aromatic hydroxyl groups is 1. The van der Waals surface area contributed by atoms with Crippen LogP contribution >= 0.6 is 21.6 Å². The van der Waals surface area contributed by atoms with Crippen molar-refractivity contribution in [3.8, 4) is 5.75 Å². The van der Waals surface area contributed by atoms with Crippen LogP contribution in [-0.4, -0.2) is 95.7 Å². The Kier molecular flexibility index (Phi) is 10.5. The van der Waals surface area contributed by atoms with E-state index in [-0.39, 0.29) is 59.6 Å². The summed E-state index contributed by atoms with van der Waals surface area (Å²) in [6.07, 6.45) is 13.6. The van der Waals surface area contributed by atoms with Crippen LogP contribution in [0.5, 0.6) is 5.75 Å². The number of rotatable bonds is 3. The van der Waals surface area contributed by atoms with Gasteiger partial charge in [0.25, 0.3) is 0 Å². The number of amides is 1. The summed E-state index contributed by atoms with van der Waals surface area (Å²) in [6, 6.07) is 5.64. The molecule has 5 aliphatic heterocycles. The summed E-state index contributed by atoms with van der Waals surface area (Å²) in [4.78, 5) is 33.0. The van der Waals surface area contributed by atoms with Gasteiger partial charge < -0.3 is 40.3 Å². The Bertz CT molecular complexity index is 2160. The van der Waals surface area contributed by atoms with Crippen LogP contribution in [0.15, 0.2) is 42.0 Å². The van der Waals surface area contributed by atoms with Gasteiger partial charge in [-0.25, -0.2) is 0 Å². The number of hydrogen-bond donors (Lipinski definition) is 6. The van der Waals surface area contributed by atoms with Crippen molar-refractivity contribution in [3.63, 3.8) is 0 Å². The summed E-state index contributed by atoms with van der Waals surface area (Å²) in [6.45, 7) is 9.18. The molecule has 16 atom stereocenters. The van der Waals surface area contributed by atoms with Crippen LogP contribution in [0.4, 0.5) is 5.69 Å². The molecule has 2 saturated heterocycles. The van der Waals surface area contributed by atoms with Gasteiger partial charge in [0.1, 0.15) is 22.9 Å². The molecule has 12 heteroatoms. The molecule has 7 aliphatic carbocycles. The second-order valence-electron chi connectivity index (χ2n) is 23.4. The number of allylic oxidation sites excluding steroid dienone is 2. The lowest BCUT2D eigenvalue weighted by Gasteiger charge is -2.66. The van der Waals surface area contributed by atoms with E-state index in [4.69, 9.17) is 4.74 Å². The summed E-state index contributed by atoms with van der Waals surface area (Å²) in [5.74, 6) is 0.133. The van der Waals surface area contributed by atoms with Gasteiger partial charge in [0.2, 0.25) is 5.91 Å². The van der Waals surface area contributed by atoms with Gasteiger partial charge in [-0.15, -0.1) is 0 Å². The monoisotopic (exact) mass is 917 g/mol. The molecule has 64 heavy (non-hydrogen) atoms. The van der Waals surface area contributed by atoms with E-state index in [9.17, 15) is 30.6 Å². The zero-order valence-electron chi connectivity index (χ0n) is 38.2. The van der Waals surface area contributed by atoms with Crippen molar-refractivity contribution in [2.45, 2.75) is 171 Å². The Morgan fingerprint density at radius 2 is 1.64 bits per heavy atom. The molecule has 12 aliphatic rings. The number of nitrogens with zero attached hydrogens (tertiary/aromatic N) is 1. The van der Waals surface area contributed by atoms with Gasteiger partial charge in [-0.05, 0) is 141 Å². The van der Waals surface area contributed by atoms with Gasteiger partial charge in [0, 0.05) is 40.8 Å². The highest BCUT2D eigenvalue weighted by Gasteiger charge is 2.78. The molecule has 10 nitrogen and oxygen atoms in total. The Labute approximate surface area is 386 Å². The van der Waals surface area contributed by atoms with E-state index in [1.807, 2.05) is 11.8 Å². The number of benzene rings is 1. The lowest BCUT2D eigenvalue weighted by molar-refractivity contribution is -0.206. The van der Waals surface area contributed by atoms with Gasteiger partial charge in [-0.3, -0.25) is 9.59 Å². The van der Waals surface area contributed by atoms with E-state index in [0.717, 1.165) is 62.6 Å². The number of anilines is 1. The molecular formula is C52H71NO9S2. The topological polar surface area (TPSA) is 171 Å².